The molecule has 1 aromatic carbocycles. The lowest BCUT2D eigenvalue weighted by Crippen LogP contribution is -2.20. The molecule has 1 atom stereocenters. The number of nitrogens with one attached hydrogen (secondary N) is 1. The van der Waals surface area contributed by atoms with Crippen LogP contribution < -0.4 is 5.32 Å². The Morgan fingerprint density at radius 1 is 1.07 bits per heavy atom. The van der Waals surface area contributed by atoms with Gasteiger partial charge in [-0.15, -0.1) is 11.3 Å². The Kier molecular flexibility index (Phi) is 4.64. The van der Waals surface area contributed by atoms with Crippen LogP contribution >= 0.6 is 11.3 Å². The highest BCUT2D eigenvalue weighted by Gasteiger charge is 2.18. The van der Waals surface area contributed by atoms with Crippen LogP contribution in [0.4, 0.5) is 5.82 Å². The molecule has 134 valence electrons. The molecule has 0 aliphatic rings. The van der Waals surface area contributed by atoms with Crippen LogP contribution in [0.25, 0.3) is 21.7 Å². The van der Waals surface area contributed by atoms with Crippen LogP contribution in [-0.2, 0) is 4.79 Å². The van der Waals surface area contributed by atoms with Crippen molar-refractivity contribution in [2.75, 3.05) is 5.32 Å². The topological polar surface area (TPSA) is 67.8 Å². The molecule has 1 unspecified atom stereocenters. The third-order valence-electron chi connectivity index (χ3n) is 4.43. The number of hydrogen-bond donors (Lipinski definition) is 1. The Bertz CT molecular complexity index is 1090. The van der Waals surface area contributed by atoms with Crippen molar-refractivity contribution in [3.63, 3.8) is 0 Å². The number of aryl methyl sites for hydroxylation is 1. The number of amides is 1. The molecule has 0 radical (unpaired) electrons. The lowest BCUT2D eigenvalue weighted by molar-refractivity contribution is -0.117. The second-order valence-corrected chi connectivity index (χ2v) is 7.27. The summed E-state index contributed by atoms with van der Waals surface area (Å²) in [4.78, 5) is 27.1. The predicted octanol–water partition coefficient (Wildman–Crippen LogP) is 4.80. The molecule has 4 rings (SSSR count). The van der Waals surface area contributed by atoms with Crippen molar-refractivity contribution in [2.24, 2.45) is 0 Å². The zero-order valence-electron chi connectivity index (χ0n) is 15.0. The first-order valence-corrected chi connectivity index (χ1v) is 9.54. The number of fused-ring (bicyclic) bond motifs is 1. The first-order chi connectivity index (χ1) is 13.1. The molecule has 1 N–H and O–H groups in total. The normalized spacial score (nSPS) is 12.1. The van der Waals surface area contributed by atoms with Crippen molar-refractivity contribution < 1.29 is 4.79 Å². The number of carbonyl (C=O) groups is 1. The van der Waals surface area contributed by atoms with E-state index < -0.39 is 0 Å². The van der Waals surface area contributed by atoms with Gasteiger partial charge < -0.3 is 5.32 Å². The lowest BCUT2D eigenvalue weighted by Gasteiger charge is -2.13. The molecular weight excluding hydrogens is 356 g/mol. The summed E-state index contributed by atoms with van der Waals surface area (Å²) in [6.45, 7) is 3.92. The van der Waals surface area contributed by atoms with E-state index in [1.807, 2.05) is 67.8 Å². The maximum atomic E-state index is 12.8. The standard InChI is InChI=1S/C21H18N4OS/c1-13-6-8-15(9-7-13)14(2)20(26)24-18-16-10-12-27-21(16)25-19(23-18)17-5-3-4-11-22-17/h3-12,14H,1-2H3,(H,23,24,25,26). The number of aromatic nitrogens is 3. The molecule has 0 saturated carbocycles. The fourth-order valence-corrected chi connectivity index (χ4v) is 3.56. The van der Waals surface area contributed by atoms with Crippen LogP contribution in [0, 0.1) is 6.92 Å². The minimum Gasteiger partial charge on any atom is -0.310 e. The molecular formula is C21H18N4OS. The molecule has 27 heavy (non-hydrogen) atoms. The number of benzene rings is 1. The minimum absolute atomic E-state index is 0.1000. The molecule has 0 spiro atoms. The minimum atomic E-state index is -0.285. The average Bonchev–Trinajstić information content (AvgIpc) is 3.17. The Hall–Kier alpha value is -3.12. The van der Waals surface area contributed by atoms with Crippen molar-refractivity contribution in [1.29, 1.82) is 0 Å². The number of carbonyl (C=O) groups excluding carboxylic acids is 1. The first-order valence-electron chi connectivity index (χ1n) is 8.66. The molecule has 0 bridgehead atoms. The van der Waals surface area contributed by atoms with Gasteiger partial charge in [-0.3, -0.25) is 9.78 Å². The Morgan fingerprint density at radius 3 is 2.63 bits per heavy atom. The lowest BCUT2D eigenvalue weighted by atomic mass is 9.99. The average molecular weight is 374 g/mol. The Labute approximate surface area is 161 Å². The summed E-state index contributed by atoms with van der Waals surface area (Å²) in [6.07, 6.45) is 1.70. The summed E-state index contributed by atoms with van der Waals surface area (Å²) in [6, 6.07) is 15.5. The maximum Gasteiger partial charge on any atom is 0.232 e. The number of anilines is 1. The second-order valence-electron chi connectivity index (χ2n) is 6.37. The van der Waals surface area contributed by atoms with E-state index >= 15 is 0 Å². The Balaban J connectivity index is 1.67. The molecule has 4 aromatic rings. The van der Waals surface area contributed by atoms with Crippen molar-refractivity contribution in [3.05, 3.63) is 71.2 Å². The number of nitrogens with zero attached hydrogens (tertiary/aromatic N) is 3. The summed E-state index contributed by atoms with van der Waals surface area (Å²) in [5.41, 5.74) is 2.82. The van der Waals surface area contributed by atoms with E-state index in [1.54, 1.807) is 6.20 Å². The quantitative estimate of drug-likeness (QED) is 0.557. The van der Waals surface area contributed by atoms with Crippen LogP contribution in [0.2, 0.25) is 0 Å². The first kappa shape index (κ1) is 17.3. The van der Waals surface area contributed by atoms with E-state index in [0.29, 0.717) is 17.3 Å². The molecule has 1 amide bonds. The number of rotatable bonds is 4. The van der Waals surface area contributed by atoms with Gasteiger partial charge in [-0.25, -0.2) is 9.97 Å². The largest absolute Gasteiger partial charge is 0.310 e. The van der Waals surface area contributed by atoms with Gasteiger partial charge in [-0.05, 0) is 43.0 Å². The SMILES string of the molecule is Cc1ccc(C(C)C(=O)Nc2nc(-c3ccccn3)nc3sccc23)cc1. The van der Waals surface area contributed by atoms with Crippen LogP contribution in [0.1, 0.15) is 24.0 Å². The number of hydrogen-bond acceptors (Lipinski definition) is 5. The van der Waals surface area contributed by atoms with Gasteiger partial charge >= 0.3 is 0 Å². The second kappa shape index (κ2) is 7.25. The van der Waals surface area contributed by atoms with Crippen molar-refractivity contribution in [2.45, 2.75) is 19.8 Å². The van der Waals surface area contributed by atoms with Gasteiger partial charge in [0.2, 0.25) is 5.91 Å². The van der Waals surface area contributed by atoms with Gasteiger partial charge in [0.05, 0.1) is 11.3 Å². The smallest absolute Gasteiger partial charge is 0.232 e. The molecule has 3 heterocycles. The van der Waals surface area contributed by atoms with Crippen LogP contribution in [0.15, 0.2) is 60.1 Å². The van der Waals surface area contributed by atoms with Crippen molar-refractivity contribution in [3.8, 4) is 11.5 Å². The van der Waals surface area contributed by atoms with Gasteiger partial charge in [0.15, 0.2) is 5.82 Å². The molecule has 6 heteroatoms. The summed E-state index contributed by atoms with van der Waals surface area (Å²) >= 11 is 1.51. The van der Waals surface area contributed by atoms with Crippen LogP contribution in [0.3, 0.4) is 0 Å². The molecule has 0 saturated heterocycles. The molecule has 5 nitrogen and oxygen atoms in total. The van der Waals surface area contributed by atoms with E-state index in [0.717, 1.165) is 15.8 Å². The van der Waals surface area contributed by atoms with E-state index in [9.17, 15) is 4.79 Å². The summed E-state index contributed by atoms with van der Waals surface area (Å²) in [5.74, 6) is 0.638. The summed E-state index contributed by atoms with van der Waals surface area (Å²) < 4.78 is 0. The van der Waals surface area contributed by atoms with Gasteiger partial charge in [0, 0.05) is 6.20 Å². The third kappa shape index (κ3) is 3.57. The van der Waals surface area contributed by atoms with Crippen molar-refractivity contribution in [1.82, 2.24) is 15.0 Å². The van der Waals surface area contributed by atoms with E-state index in [4.69, 9.17) is 0 Å². The van der Waals surface area contributed by atoms with Crippen molar-refractivity contribution >= 4 is 33.3 Å². The van der Waals surface area contributed by atoms with Crippen LogP contribution in [-0.4, -0.2) is 20.9 Å². The zero-order valence-corrected chi connectivity index (χ0v) is 15.8. The monoisotopic (exact) mass is 374 g/mol. The van der Waals surface area contributed by atoms with E-state index in [2.05, 4.69) is 20.3 Å². The predicted molar refractivity (Wildman–Crippen MR) is 109 cm³/mol. The fraction of sp³-hybridized carbons (Fsp3) is 0.143. The van der Waals surface area contributed by atoms with Gasteiger partial charge in [0.25, 0.3) is 0 Å². The highest BCUT2D eigenvalue weighted by Crippen LogP contribution is 2.29. The van der Waals surface area contributed by atoms with Gasteiger partial charge in [-0.1, -0.05) is 35.9 Å². The van der Waals surface area contributed by atoms with Crippen LogP contribution in [0.5, 0.6) is 0 Å². The molecule has 3 aromatic heterocycles. The number of pyridine rings is 1. The highest BCUT2D eigenvalue weighted by atomic mass is 32.1. The highest BCUT2D eigenvalue weighted by molar-refractivity contribution is 7.16. The third-order valence-corrected chi connectivity index (χ3v) is 5.24. The molecule has 0 aliphatic carbocycles. The zero-order chi connectivity index (χ0) is 18.8. The summed E-state index contributed by atoms with van der Waals surface area (Å²) in [7, 11) is 0. The van der Waals surface area contributed by atoms with E-state index in [1.165, 1.54) is 16.9 Å². The fourth-order valence-electron chi connectivity index (χ4n) is 2.79. The maximum absolute atomic E-state index is 12.8. The Morgan fingerprint density at radius 2 is 1.89 bits per heavy atom. The van der Waals surface area contributed by atoms with E-state index in [-0.39, 0.29) is 11.8 Å². The molecule has 0 aliphatic heterocycles. The number of thiophene rings is 1. The van der Waals surface area contributed by atoms with Gasteiger partial charge in [-0.2, -0.15) is 0 Å². The van der Waals surface area contributed by atoms with Gasteiger partial charge in [0.1, 0.15) is 16.3 Å². The summed E-state index contributed by atoms with van der Waals surface area (Å²) in [5, 5.41) is 5.77. The molecule has 0 fully saturated rings.